The van der Waals surface area contributed by atoms with Crippen LogP contribution >= 0.6 is 11.6 Å². The second kappa shape index (κ2) is 6.20. The number of benzene rings is 2. The monoisotopic (exact) mass is 343 g/mol. The van der Waals surface area contributed by atoms with Crippen LogP contribution < -0.4 is 0 Å². The standard InChI is InChI=1S/C19H20ClN2O2/c20-17-8-6-16(7-9-17)19(23)14-21-10-11-24-13-18(21)22(19)12-15-4-2-1-3-5-15/h1-9,23H,10-14H2/q+1. The molecule has 1 N–H and O–H groups in total. The summed E-state index contributed by atoms with van der Waals surface area (Å²) < 4.78 is 7.87. The average molecular weight is 344 g/mol. The molecule has 1 atom stereocenters. The van der Waals surface area contributed by atoms with Crippen molar-refractivity contribution in [3.8, 4) is 0 Å². The Balaban J connectivity index is 1.73. The van der Waals surface area contributed by atoms with Gasteiger partial charge in [-0.2, -0.15) is 0 Å². The van der Waals surface area contributed by atoms with E-state index in [2.05, 4.69) is 21.6 Å². The molecule has 0 radical (unpaired) electrons. The molecule has 0 saturated heterocycles. The molecule has 2 aromatic rings. The van der Waals surface area contributed by atoms with Crippen LogP contribution in [0.3, 0.4) is 0 Å². The second-order valence-electron chi connectivity index (χ2n) is 6.29. The maximum absolute atomic E-state index is 11.6. The number of ether oxygens (including phenoxy) is 1. The molecule has 24 heavy (non-hydrogen) atoms. The summed E-state index contributed by atoms with van der Waals surface area (Å²) in [7, 11) is 0. The quantitative estimate of drug-likeness (QED) is 0.870. The van der Waals surface area contributed by atoms with E-state index >= 15 is 0 Å². The minimum atomic E-state index is -1.08. The largest absolute Gasteiger partial charge is 0.365 e. The normalized spacial score (nSPS) is 23.5. The highest BCUT2D eigenvalue weighted by molar-refractivity contribution is 6.30. The van der Waals surface area contributed by atoms with Gasteiger partial charge >= 0.3 is 0 Å². The Bertz CT molecular complexity index is 761. The lowest BCUT2D eigenvalue weighted by Gasteiger charge is -2.29. The molecular formula is C19H20ClN2O2+. The number of hydrogen-bond donors (Lipinski definition) is 1. The van der Waals surface area contributed by atoms with E-state index in [4.69, 9.17) is 16.3 Å². The number of amidine groups is 1. The van der Waals surface area contributed by atoms with Gasteiger partial charge in [0.05, 0.1) is 6.61 Å². The molecule has 2 aromatic carbocycles. The van der Waals surface area contributed by atoms with E-state index in [0.29, 0.717) is 31.3 Å². The third-order valence-electron chi connectivity index (χ3n) is 4.76. The molecule has 1 unspecified atom stereocenters. The van der Waals surface area contributed by atoms with Crippen LogP contribution in [0.2, 0.25) is 5.02 Å². The molecule has 2 aliphatic heterocycles. The fraction of sp³-hybridized carbons (Fsp3) is 0.316. The van der Waals surface area contributed by atoms with Gasteiger partial charge in [0.25, 0.3) is 11.6 Å². The topological polar surface area (TPSA) is 35.7 Å². The zero-order chi connectivity index (χ0) is 16.6. The summed E-state index contributed by atoms with van der Waals surface area (Å²) in [6, 6.07) is 17.7. The van der Waals surface area contributed by atoms with Crippen LogP contribution in [-0.2, 0) is 17.0 Å². The molecule has 0 bridgehead atoms. The number of nitrogens with zero attached hydrogens (tertiary/aromatic N) is 2. The molecule has 0 aliphatic carbocycles. The smallest absolute Gasteiger partial charge is 0.276 e. The van der Waals surface area contributed by atoms with Crippen LogP contribution in [0.25, 0.3) is 0 Å². The Morgan fingerprint density at radius 2 is 1.88 bits per heavy atom. The molecular weight excluding hydrogens is 324 g/mol. The van der Waals surface area contributed by atoms with Crippen molar-refractivity contribution in [1.82, 2.24) is 4.90 Å². The summed E-state index contributed by atoms with van der Waals surface area (Å²) in [6.45, 7) is 3.20. The molecule has 4 rings (SSSR count). The molecule has 0 fully saturated rings. The van der Waals surface area contributed by atoms with Crippen LogP contribution in [0.1, 0.15) is 11.1 Å². The van der Waals surface area contributed by atoms with Crippen molar-refractivity contribution in [1.29, 1.82) is 0 Å². The fourth-order valence-electron chi connectivity index (χ4n) is 3.49. The molecule has 0 aromatic heterocycles. The summed E-state index contributed by atoms with van der Waals surface area (Å²) in [5.74, 6) is 1.04. The van der Waals surface area contributed by atoms with Gasteiger partial charge < -0.3 is 9.84 Å². The highest BCUT2D eigenvalue weighted by Crippen LogP contribution is 2.34. The third kappa shape index (κ3) is 2.71. The zero-order valence-corrected chi connectivity index (χ0v) is 14.1. The van der Waals surface area contributed by atoms with Crippen LogP contribution in [0.4, 0.5) is 0 Å². The summed E-state index contributed by atoms with van der Waals surface area (Å²) in [6.07, 6.45) is 0. The van der Waals surface area contributed by atoms with Gasteiger partial charge in [-0.15, -0.1) is 0 Å². The fourth-order valence-corrected chi connectivity index (χ4v) is 3.62. The molecule has 124 valence electrons. The Kier molecular flexibility index (Phi) is 4.04. The van der Waals surface area contributed by atoms with Crippen molar-refractivity contribution in [2.24, 2.45) is 0 Å². The maximum atomic E-state index is 11.6. The van der Waals surface area contributed by atoms with Gasteiger partial charge in [-0.05, 0) is 17.7 Å². The van der Waals surface area contributed by atoms with E-state index < -0.39 is 5.72 Å². The summed E-state index contributed by atoms with van der Waals surface area (Å²) in [5.41, 5.74) is 0.929. The summed E-state index contributed by atoms with van der Waals surface area (Å²) in [4.78, 5) is 2.06. The van der Waals surface area contributed by atoms with Gasteiger partial charge in [-0.25, -0.2) is 4.90 Å². The van der Waals surface area contributed by atoms with Crippen LogP contribution in [0.5, 0.6) is 0 Å². The summed E-state index contributed by atoms with van der Waals surface area (Å²) in [5, 5.41) is 12.2. The lowest BCUT2D eigenvalue weighted by atomic mass is 10.0. The van der Waals surface area contributed by atoms with Gasteiger partial charge in [0.15, 0.2) is 6.54 Å². The van der Waals surface area contributed by atoms with Gasteiger partial charge in [0.1, 0.15) is 19.7 Å². The predicted octanol–water partition coefficient (Wildman–Crippen LogP) is 2.44. The molecule has 5 heteroatoms. The van der Waals surface area contributed by atoms with E-state index in [1.54, 1.807) is 0 Å². The average Bonchev–Trinajstić information content (AvgIpc) is 2.90. The van der Waals surface area contributed by atoms with E-state index in [9.17, 15) is 5.11 Å². The van der Waals surface area contributed by atoms with E-state index in [1.165, 1.54) is 0 Å². The van der Waals surface area contributed by atoms with Crippen molar-refractivity contribution < 1.29 is 14.4 Å². The van der Waals surface area contributed by atoms with Gasteiger partial charge in [-0.1, -0.05) is 54.1 Å². The molecule has 4 nitrogen and oxygen atoms in total. The first-order chi connectivity index (χ1) is 11.7. The first-order valence-electron chi connectivity index (χ1n) is 8.15. The predicted molar refractivity (Wildman–Crippen MR) is 93.2 cm³/mol. The third-order valence-corrected chi connectivity index (χ3v) is 5.01. The first kappa shape index (κ1) is 15.6. The molecule has 0 spiro atoms. The van der Waals surface area contributed by atoms with Crippen LogP contribution in [0.15, 0.2) is 54.6 Å². The lowest BCUT2D eigenvalue weighted by Crippen LogP contribution is -2.47. The van der Waals surface area contributed by atoms with Crippen molar-refractivity contribution in [2.75, 3.05) is 26.3 Å². The number of halogens is 1. The highest BCUT2D eigenvalue weighted by atomic mass is 35.5. The van der Waals surface area contributed by atoms with Crippen molar-refractivity contribution in [3.05, 3.63) is 70.7 Å². The molecule has 0 saturated carbocycles. The Morgan fingerprint density at radius 1 is 1.12 bits per heavy atom. The van der Waals surface area contributed by atoms with Crippen LogP contribution in [-0.4, -0.2) is 46.7 Å². The Hall–Kier alpha value is -1.88. The van der Waals surface area contributed by atoms with E-state index in [0.717, 1.165) is 23.5 Å². The number of aliphatic hydroxyl groups is 1. The van der Waals surface area contributed by atoms with Crippen molar-refractivity contribution >= 4 is 17.4 Å². The first-order valence-corrected chi connectivity index (χ1v) is 8.53. The van der Waals surface area contributed by atoms with E-state index in [1.807, 2.05) is 42.5 Å². The SMILES string of the molecule is OC1(c2ccc(Cl)cc2)C[N+]2=C(COCC2)N1Cc1ccccc1. The van der Waals surface area contributed by atoms with E-state index in [-0.39, 0.29) is 0 Å². The van der Waals surface area contributed by atoms with Crippen LogP contribution in [0, 0.1) is 0 Å². The molecule has 0 amide bonds. The second-order valence-corrected chi connectivity index (χ2v) is 6.72. The van der Waals surface area contributed by atoms with Gasteiger partial charge in [0.2, 0.25) is 0 Å². The minimum Gasteiger partial charge on any atom is -0.365 e. The minimum absolute atomic E-state index is 0.530. The van der Waals surface area contributed by atoms with Gasteiger partial charge in [-0.3, -0.25) is 4.58 Å². The van der Waals surface area contributed by atoms with Crippen molar-refractivity contribution in [3.63, 3.8) is 0 Å². The Labute approximate surface area is 146 Å². The lowest BCUT2D eigenvalue weighted by molar-refractivity contribution is -0.544. The number of hydrogen-bond acceptors (Lipinski definition) is 3. The van der Waals surface area contributed by atoms with Gasteiger partial charge in [0, 0.05) is 10.6 Å². The molecule has 2 aliphatic rings. The summed E-state index contributed by atoms with van der Waals surface area (Å²) >= 11 is 6.02. The highest BCUT2D eigenvalue weighted by Gasteiger charge is 2.53. The molecule has 2 heterocycles. The Morgan fingerprint density at radius 3 is 2.62 bits per heavy atom. The zero-order valence-electron chi connectivity index (χ0n) is 13.4. The van der Waals surface area contributed by atoms with Crippen molar-refractivity contribution in [2.45, 2.75) is 12.3 Å². The maximum Gasteiger partial charge on any atom is 0.276 e. The number of rotatable bonds is 3.